The lowest BCUT2D eigenvalue weighted by Crippen LogP contribution is -2.64. The number of hydrogen-bond acceptors (Lipinski definition) is 7. The maximum Gasteiger partial charge on any atom is 0.415 e. The Balaban J connectivity index is 1.35. The number of piperazine rings is 1. The number of amides is 3. The van der Waals surface area contributed by atoms with E-state index in [1.807, 2.05) is 43.2 Å². The number of piperidine rings is 1. The lowest BCUT2D eigenvalue weighted by molar-refractivity contribution is -0.147. The topological polar surface area (TPSA) is 99.3 Å². The van der Waals surface area contributed by atoms with Crippen LogP contribution in [0.5, 0.6) is 5.75 Å². The molecule has 256 valence electrons. The number of aryl methyl sites for hydroxylation is 1. The third-order valence-electron chi connectivity index (χ3n) is 9.75. The van der Waals surface area contributed by atoms with Crippen molar-refractivity contribution in [3.63, 3.8) is 0 Å². The lowest BCUT2D eigenvalue weighted by Gasteiger charge is -2.45. The number of hydrogen-bond donors (Lipinski definition) is 1. The average molecular weight is 685 g/mol. The van der Waals surface area contributed by atoms with Gasteiger partial charge in [-0.25, -0.2) is 4.79 Å². The number of halogens is 1. The van der Waals surface area contributed by atoms with Gasteiger partial charge in [-0.3, -0.25) is 14.4 Å². The van der Waals surface area contributed by atoms with E-state index < -0.39 is 23.6 Å². The Bertz CT molecular complexity index is 1380. The third-order valence-corrected chi connectivity index (χ3v) is 11.0. The Morgan fingerprint density at radius 3 is 2.32 bits per heavy atom. The van der Waals surface area contributed by atoms with E-state index >= 15 is 0 Å². The predicted molar refractivity (Wildman–Crippen MR) is 185 cm³/mol. The van der Waals surface area contributed by atoms with Gasteiger partial charge in [0, 0.05) is 48.9 Å². The van der Waals surface area contributed by atoms with Gasteiger partial charge >= 0.3 is 6.09 Å². The number of nitrogens with zero attached hydrogens (tertiary/aromatic N) is 3. The van der Waals surface area contributed by atoms with Gasteiger partial charge in [0.05, 0.1) is 17.6 Å². The SMILES string of the molecule is CC(C)(C)C(=O)N1CCC([C@@H](NC2CCCCC2)C(=O)N2CCN(C(=O)Oc3ccccc3Cl)C[C@H]2C(=O)CCc2cccs2)CC1. The normalized spacial score (nSPS) is 20.6. The first-order valence-corrected chi connectivity index (χ1v) is 18.4. The largest absolute Gasteiger partial charge is 0.415 e. The minimum absolute atomic E-state index is 0.0403. The molecule has 2 atom stereocenters. The van der Waals surface area contributed by atoms with Crippen molar-refractivity contribution in [1.82, 2.24) is 20.0 Å². The van der Waals surface area contributed by atoms with Gasteiger partial charge in [-0.05, 0) is 61.6 Å². The molecule has 3 fully saturated rings. The van der Waals surface area contributed by atoms with Gasteiger partial charge in [0.1, 0.15) is 6.04 Å². The molecular formula is C36H49ClN4O5S. The van der Waals surface area contributed by atoms with Crippen LogP contribution in [0.3, 0.4) is 0 Å². The van der Waals surface area contributed by atoms with Crippen LogP contribution in [0.1, 0.15) is 77.0 Å². The summed E-state index contributed by atoms with van der Waals surface area (Å²) in [6, 6.07) is 9.76. The van der Waals surface area contributed by atoms with E-state index in [0.29, 0.717) is 24.5 Å². The van der Waals surface area contributed by atoms with Crippen LogP contribution in [0.25, 0.3) is 0 Å². The quantitative estimate of drug-likeness (QED) is 0.338. The number of likely N-dealkylation sites (tertiary alicyclic amines) is 1. The minimum atomic E-state index is -0.784. The van der Waals surface area contributed by atoms with Crippen molar-refractivity contribution < 1.29 is 23.9 Å². The summed E-state index contributed by atoms with van der Waals surface area (Å²) < 4.78 is 5.62. The van der Waals surface area contributed by atoms with Crippen LogP contribution in [0.15, 0.2) is 41.8 Å². The molecule has 5 rings (SSSR count). The van der Waals surface area contributed by atoms with Gasteiger partial charge in [0.25, 0.3) is 0 Å². The first-order chi connectivity index (χ1) is 22.5. The van der Waals surface area contributed by atoms with Crippen LogP contribution in [0.2, 0.25) is 5.02 Å². The summed E-state index contributed by atoms with van der Waals surface area (Å²) in [6.07, 6.45) is 7.23. The summed E-state index contributed by atoms with van der Waals surface area (Å²) in [6.45, 7) is 7.60. The van der Waals surface area contributed by atoms with Crippen LogP contribution in [-0.2, 0) is 20.8 Å². The number of para-hydroxylation sites is 1. The minimum Gasteiger partial charge on any atom is -0.409 e. The molecule has 3 amide bonds. The number of carbonyl (C=O) groups is 4. The van der Waals surface area contributed by atoms with Crippen LogP contribution in [0.4, 0.5) is 4.79 Å². The van der Waals surface area contributed by atoms with Crippen molar-refractivity contribution in [2.45, 2.75) is 96.7 Å². The van der Waals surface area contributed by atoms with Gasteiger partial charge in [0.15, 0.2) is 11.5 Å². The van der Waals surface area contributed by atoms with Gasteiger partial charge in [0.2, 0.25) is 11.8 Å². The van der Waals surface area contributed by atoms with Crippen molar-refractivity contribution in [3.05, 3.63) is 51.7 Å². The summed E-state index contributed by atoms with van der Waals surface area (Å²) in [5.41, 5.74) is -0.453. The van der Waals surface area contributed by atoms with E-state index in [0.717, 1.165) is 43.4 Å². The zero-order valence-corrected chi connectivity index (χ0v) is 29.5. The molecule has 1 aromatic carbocycles. The molecule has 47 heavy (non-hydrogen) atoms. The first-order valence-electron chi connectivity index (χ1n) is 17.1. The molecule has 1 saturated carbocycles. The molecule has 2 aliphatic heterocycles. The number of Topliss-reactive ketones (excluding diaryl/α,β-unsaturated/α-hetero) is 1. The molecule has 0 bridgehead atoms. The molecule has 2 saturated heterocycles. The number of ketones is 1. The monoisotopic (exact) mass is 684 g/mol. The summed E-state index contributed by atoms with van der Waals surface area (Å²) in [5.74, 6) is 0.286. The average Bonchev–Trinajstić information content (AvgIpc) is 3.60. The summed E-state index contributed by atoms with van der Waals surface area (Å²) in [7, 11) is 0. The predicted octanol–water partition coefficient (Wildman–Crippen LogP) is 6.19. The molecule has 3 heterocycles. The zero-order chi connectivity index (χ0) is 33.6. The number of rotatable bonds is 9. The molecule has 3 aliphatic rings. The highest BCUT2D eigenvalue weighted by atomic mass is 35.5. The maximum atomic E-state index is 14.7. The molecule has 11 heteroatoms. The van der Waals surface area contributed by atoms with Crippen molar-refractivity contribution in [1.29, 1.82) is 0 Å². The van der Waals surface area contributed by atoms with Crippen LogP contribution >= 0.6 is 22.9 Å². The fourth-order valence-corrected chi connectivity index (χ4v) is 7.95. The fraction of sp³-hybridized carbons (Fsp3) is 0.611. The smallest absolute Gasteiger partial charge is 0.409 e. The Labute approximate surface area is 287 Å². The first kappa shape index (κ1) is 35.4. The molecule has 0 unspecified atom stereocenters. The highest BCUT2D eigenvalue weighted by Crippen LogP contribution is 2.30. The van der Waals surface area contributed by atoms with E-state index in [1.54, 1.807) is 40.5 Å². The van der Waals surface area contributed by atoms with Crippen molar-refractivity contribution in [2.24, 2.45) is 11.3 Å². The molecule has 9 nitrogen and oxygen atoms in total. The standard InChI is InChI=1S/C36H49ClN4O5S/c1-36(2,3)34(44)39-19-17-25(18-20-39)32(38-26-10-5-4-6-11-26)33(43)41-22-21-40(35(45)46-31-14-8-7-13-28(31)37)24-29(41)30(42)16-15-27-12-9-23-47-27/h7-9,12-14,23,25-26,29,32,38H,4-6,10-11,15-22,24H2,1-3H3/t29-,32+/m0/s1. The molecule has 1 N–H and O–H groups in total. The van der Waals surface area contributed by atoms with E-state index in [-0.39, 0.29) is 61.4 Å². The third kappa shape index (κ3) is 9.15. The second-order valence-electron chi connectivity index (χ2n) is 14.2. The maximum absolute atomic E-state index is 14.7. The van der Waals surface area contributed by atoms with Crippen LogP contribution < -0.4 is 10.1 Å². The van der Waals surface area contributed by atoms with E-state index in [2.05, 4.69) is 5.32 Å². The highest BCUT2D eigenvalue weighted by Gasteiger charge is 2.43. The summed E-state index contributed by atoms with van der Waals surface area (Å²) in [5, 5.41) is 6.07. The second kappa shape index (κ2) is 16.0. The van der Waals surface area contributed by atoms with E-state index in [4.69, 9.17) is 16.3 Å². The number of benzene rings is 1. The molecule has 0 spiro atoms. The molecular weight excluding hydrogens is 636 g/mol. The Morgan fingerprint density at radius 1 is 0.936 bits per heavy atom. The molecule has 1 aromatic heterocycles. The Morgan fingerprint density at radius 2 is 1.66 bits per heavy atom. The van der Waals surface area contributed by atoms with Gasteiger partial charge in [-0.2, -0.15) is 0 Å². The Hall–Kier alpha value is -2.95. The number of ether oxygens (including phenoxy) is 1. The molecule has 2 aromatic rings. The zero-order valence-electron chi connectivity index (χ0n) is 27.9. The highest BCUT2D eigenvalue weighted by molar-refractivity contribution is 7.09. The summed E-state index contributed by atoms with van der Waals surface area (Å²) >= 11 is 7.85. The van der Waals surface area contributed by atoms with Gasteiger partial charge in [-0.1, -0.05) is 69.8 Å². The van der Waals surface area contributed by atoms with Gasteiger partial charge in [-0.15, -0.1) is 11.3 Å². The van der Waals surface area contributed by atoms with Crippen LogP contribution in [-0.4, -0.2) is 89.2 Å². The van der Waals surface area contributed by atoms with Gasteiger partial charge < -0.3 is 24.8 Å². The van der Waals surface area contributed by atoms with Crippen molar-refractivity contribution in [3.8, 4) is 5.75 Å². The number of nitrogens with one attached hydrogen (secondary N) is 1. The summed E-state index contributed by atoms with van der Waals surface area (Å²) in [4.78, 5) is 61.2. The van der Waals surface area contributed by atoms with Crippen LogP contribution in [0, 0.1) is 11.3 Å². The molecule has 1 aliphatic carbocycles. The molecule has 0 radical (unpaired) electrons. The number of carbonyl (C=O) groups excluding carboxylic acids is 4. The second-order valence-corrected chi connectivity index (χ2v) is 15.6. The Kier molecular flexibility index (Phi) is 12.0. The van der Waals surface area contributed by atoms with E-state index in [1.165, 1.54) is 11.3 Å². The van der Waals surface area contributed by atoms with Crippen molar-refractivity contribution in [2.75, 3.05) is 32.7 Å². The number of thiophene rings is 1. The van der Waals surface area contributed by atoms with Crippen molar-refractivity contribution >= 4 is 46.6 Å². The lowest BCUT2D eigenvalue weighted by atomic mass is 9.84. The van der Waals surface area contributed by atoms with E-state index in [9.17, 15) is 19.2 Å². The fourth-order valence-electron chi connectivity index (χ4n) is 7.06.